The van der Waals surface area contributed by atoms with E-state index < -0.39 is 5.41 Å². The quantitative estimate of drug-likeness (QED) is 0.129. The summed E-state index contributed by atoms with van der Waals surface area (Å²) < 4.78 is 9.78. The predicted molar refractivity (Wildman–Crippen MR) is 181 cm³/mol. The fourth-order valence-electron chi connectivity index (χ4n) is 6.25. The maximum atomic E-state index is 13.5. The van der Waals surface area contributed by atoms with E-state index in [1.165, 1.54) is 6.42 Å². The van der Waals surface area contributed by atoms with Crippen LogP contribution in [0, 0.1) is 17.7 Å². The lowest BCUT2D eigenvalue weighted by molar-refractivity contribution is 0.171. The summed E-state index contributed by atoms with van der Waals surface area (Å²) in [6.07, 6.45) is 6.11. The van der Waals surface area contributed by atoms with Crippen molar-refractivity contribution in [1.82, 2.24) is 24.6 Å². The molecule has 2 aliphatic rings. The molecular weight excluding hydrogens is 592 g/mol. The molecule has 1 aliphatic carbocycles. The van der Waals surface area contributed by atoms with Gasteiger partial charge in [-0.3, -0.25) is 20.7 Å². The Morgan fingerprint density at radius 1 is 1.02 bits per heavy atom. The Bertz CT molecular complexity index is 1800. The first-order valence-corrected chi connectivity index (χ1v) is 16.4. The number of aliphatic hydroxyl groups excluding tert-OH is 1. The molecule has 0 radical (unpaired) electrons. The molecule has 1 aliphatic heterocycles. The molecule has 5 N–H and O–H groups in total. The van der Waals surface area contributed by atoms with Crippen molar-refractivity contribution in [2.45, 2.75) is 70.4 Å². The summed E-state index contributed by atoms with van der Waals surface area (Å²) in [7, 11) is 0. The van der Waals surface area contributed by atoms with Crippen molar-refractivity contribution in [1.29, 1.82) is 10.8 Å². The highest BCUT2D eigenvalue weighted by molar-refractivity contribution is 5.89. The third-order valence-corrected chi connectivity index (χ3v) is 9.14. The number of nitrogens with one attached hydrogen (secondary N) is 4. The average molecular weight is 637 g/mol. The van der Waals surface area contributed by atoms with Gasteiger partial charge in [0.25, 0.3) is 0 Å². The van der Waals surface area contributed by atoms with Gasteiger partial charge in [0.1, 0.15) is 23.2 Å². The molecule has 1 fully saturated rings. The number of carbonyl (C=O) groups excluding carboxylic acids is 1. The van der Waals surface area contributed by atoms with E-state index in [4.69, 9.17) is 20.7 Å². The van der Waals surface area contributed by atoms with Gasteiger partial charge >= 0.3 is 6.03 Å². The van der Waals surface area contributed by atoms with Gasteiger partial charge in [0.15, 0.2) is 0 Å². The normalized spacial score (nSPS) is 17.9. The minimum Gasteiger partial charge on any atom is -0.484 e. The van der Waals surface area contributed by atoms with E-state index in [0.717, 1.165) is 48.3 Å². The standard InChI is InChI=1S/C36H44N8O3/c1-24-11-13-25(14-12-24)44-33(21-31(41-44)36(2,3)23-45)40-35(46)39-29-16-17-30(28-10-6-5-9-27(28)29)47-26-15-18-32(37)43(22-26)34(38)42-19-7-4-8-20-42/h5-6,9-15,18,21-22,29-30,37-38,45H,4,7-8,16-17,19-20,23H2,1-3H3,(H2,39,40,46)/t29-,30+/m0/s1. The lowest BCUT2D eigenvalue weighted by atomic mass is 9.85. The first-order chi connectivity index (χ1) is 22.6. The first kappa shape index (κ1) is 32.1. The lowest BCUT2D eigenvalue weighted by Gasteiger charge is -2.33. The Morgan fingerprint density at radius 3 is 2.47 bits per heavy atom. The molecule has 4 aromatic rings. The van der Waals surface area contributed by atoms with Crippen LogP contribution in [-0.4, -0.2) is 56.0 Å². The van der Waals surface area contributed by atoms with Crippen molar-refractivity contribution in [3.63, 3.8) is 0 Å². The summed E-state index contributed by atoms with van der Waals surface area (Å²) in [4.78, 5) is 15.5. The number of nitrogens with zero attached hydrogens (tertiary/aromatic N) is 4. The second-order valence-electron chi connectivity index (χ2n) is 13.2. The second-order valence-corrected chi connectivity index (χ2v) is 13.2. The molecule has 2 aromatic carbocycles. The fourth-order valence-corrected chi connectivity index (χ4v) is 6.25. The monoisotopic (exact) mass is 636 g/mol. The van der Waals surface area contributed by atoms with Gasteiger partial charge < -0.3 is 20.1 Å². The molecule has 2 aromatic heterocycles. The molecule has 6 rings (SSSR count). The number of aliphatic hydroxyl groups is 1. The Morgan fingerprint density at radius 2 is 1.74 bits per heavy atom. The molecule has 47 heavy (non-hydrogen) atoms. The number of urea groups is 1. The number of aromatic nitrogens is 3. The highest BCUT2D eigenvalue weighted by Crippen LogP contribution is 2.39. The van der Waals surface area contributed by atoms with Crippen LogP contribution in [0.3, 0.4) is 0 Å². The van der Waals surface area contributed by atoms with Crippen LogP contribution in [0.15, 0.2) is 72.9 Å². The van der Waals surface area contributed by atoms with Crippen molar-refractivity contribution in [3.8, 4) is 11.4 Å². The minimum absolute atomic E-state index is 0.0835. The van der Waals surface area contributed by atoms with Crippen LogP contribution in [0.4, 0.5) is 10.6 Å². The zero-order valence-electron chi connectivity index (χ0n) is 27.3. The molecule has 0 unspecified atom stereocenters. The maximum absolute atomic E-state index is 13.5. The van der Waals surface area contributed by atoms with Crippen LogP contribution < -0.4 is 20.9 Å². The van der Waals surface area contributed by atoms with Crippen LogP contribution in [0.2, 0.25) is 0 Å². The summed E-state index contributed by atoms with van der Waals surface area (Å²) in [6, 6.07) is 20.6. The van der Waals surface area contributed by atoms with Crippen LogP contribution >= 0.6 is 0 Å². The number of amides is 2. The van der Waals surface area contributed by atoms with E-state index in [1.54, 1.807) is 27.6 Å². The van der Waals surface area contributed by atoms with Crippen LogP contribution in [-0.2, 0) is 5.41 Å². The number of aryl methyl sites for hydroxylation is 1. The molecule has 246 valence electrons. The van der Waals surface area contributed by atoms with E-state index in [9.17, 15) is 9.90 Å². The van der Waals surface area contributed by atoms with Gasteiger partial charge in [-0.15, -0.1) is 0 Å². The zero-order valence-corrected chi connectivity index (χ0v) is 27.3. The number of ether oxygens (including phenoxy) is 1. The molecular formula is C36H44N8O3. The molecule has 0 bridgehead atoms. The maximum Gasteiger partial charge on any atom is 0.320 e. The molecule has 2 amide bonds. The zero-order chi connectivity index (χ0) is 33.1. The van der Waals surface area contributed by atoms with E-state index in [2.05, 4.69) is 10.6 Å². The van der Waals surface area contributed by atoms with Gasteiger partial charge in [-0.1, -0.05) is 55.8 Å². The summed E-state index contributed by atoms with van der Waals surface area (Å²) in [5, 5.41) is 38.1. The average Bonchev–Trinajstić information content (AvgIpc) is 3.51. The predicted octanol–water partition coefficient (Wildman–Crippen LogP) is 5.78. The highest BCUT2D eigenvalue weighted by Gasteiger charge is 2.31. The van der Waals surface area contributed by atoms with E-state index in [0.29, 0.717) is 36.1 Å². The molecule has 0 saturated carbocycles. The number of carbonyl (C=O) groups is 1. The number of pyridine rings is 1. The largest absolute Gasteiger partial charge is 0.484 e. The third-order valence-electron chi connectivity index (χ3n) is 9.14. The van der Waals surface area contributed by atoms with E-state index >= 15 is 0 Å². The van der Waals surface area contributed by atoms with Crippen molar-refractivity contribution >= 4 is 17.8 Å². The van der Waals surface area contributed by atoms with Gasteiger partial charge in [0.2, 0.25) is 5.96 Å². The molecule has 2 atom stereocenters. The number of piperidine rings is 1. The second kappa shape index (κ2) is 13.4. The van der Waals surface area contributed by atoms with Crippen molar-refractivity contribution in [3.05, 3.63) is 101 Å². The van der Waals surface area contributed by atoms with Gasteiger partial charge in [0.05, 0.1) is 30.2 Å². The van der Waals surface area contributed by atoms with E-state index in [-0.39, 0.29) is 30.3 Å². The summed E-state index contributed by atoms with van der Waals surface area (Å²) in [5.41, 5.74) is 4.22. The Kier molecular flexibility index (Phi) is 9.17. The number of hydrogen-bond donors (Lipinski definition) is 5. The minimum atomic E-state index is -0.589. The van der Waals surface area contributed by atoms with E-state index in [1.807, 2.05) is 80.3 Å². The van der Waals surface area contributed by atoms with Crippen molar-refractivity contribution < 1.29 is 14.6 Å². The molecule has 11 heteroatoms. The van der Waals surface area contributed by atoms with Crippen molar-refractivity contribution in [2.24, 2.45) is 0 Å². The number of hydrogen-bond acceptors (Lipinski definition) is 6. The third kappa shape index (κ3) is 6.95. The Hall–Kier alpha value is -4.90. The smallest absolute Gasteiger partial charge is 0.320 e. The van der Waals surface area contributed by atoms with Crippen LogP contribution in [0.25, 0.3) is 5.69 Å². The topological polar surface area (TPSA) is 144 Å². The number of benzene rings is 2. The Labute approximate surface area is 275 Å². The number of likely N-dealkylation sites (tertiary alicyclic amines) is 1. The first-order valence-electron chi connectivity index (χ1n) is 16.4. The molecule has 1 saturated heterocycles. The van der Waals surface area contributed by atoms with Crippen LogP contribution in [0.1, 0.15) is 80.5 Å². The van der Waals surface area contributed by atoms with Gasteiger partial charge in [0, 0.05) is 24.6 Å². The number of anilines is 1. The van der Waals surface area contributed by atoms with Crippen LogP contribution in [0.5, 0.6) is 5.75 Å². The summed E-state index contributed by atoms with van der Waals surface area (Å²) in [5.74, 6) is 1.40. The van der Waals surface area contributed by atoms with Gasteiger partial charge in [-0.25, -0.2) is 9.48 Å². The summed E-state index contributed by atoms with van der Waals surface area (Å²) >= 11 is 0. The molecule has 3 heterocycles. The number of fused-ring (bicyclic) bond motifs is 1. The van der Waals surface area contributed by atoms with Gasteiger partial charge in [-0.05, 0) is 74.4 Å². The number of rotatable bonds is 7. The highest BCUT2D eigenvalue weighted by atomic mass is 16.5. The van der Waals surface area contributed by atoms with Gasteiger partial charge in [-0.2, -0.15) is 5.10 Å². The fraction of sp³-hybridized carbons (Fsp3) is 0.389. The Balaban J connectivity index is 1.19. The molecule has 0 spiro atoms. The summed E-state index contributed by atoms with van der Waals surface area (Å²) in [6.45, 7) is 7.41. The SMILES string of the molecule is Cc1ccc(-n2nc(C(C)(C)CO)cc2NC(=O)N[C@H]2CC[C@@H](Oc3ccc(=N)n(C(=N)N4CCCCC4)c3)c3ccccc32)cc1. The van der Waals surface area contributed by atoms with Crippen molar-refractivity contribution in [2.75, 3.05) is 25.0 Å². The molecule has 11 nitrogen and oxygen atoms in total. The lowest BCUT2D eigenvalue weighted by Crippen LogP contribution is -2.42.